The molecule has 106 valence electrons. The SMILES string of the molecule is CCSSC[C@H](NC(=O)OC(C)(C)C)C(=O)OC. The topological polar surface area (TPSA) is 64.6 Å². The van der Waals surface area contributed by atoms with Gasteiger partial charge in [-0.1, -0.05) is 28.5 Å². The van der Waals surface area contributed by atoms with E-state index in [1.807, 2.05) is 6.92 Å². The van der Waals surface area contributed by atoms with Gasteiger partial charge < -0.3 is 14.8 Å². The zero-order valence-corrected chi connectivity index (χ0v) is 13.1. The van der Waals surface area contributed by atoms with Crippen molar-refractivity contribution in [1.82, 2.24) is 5.32 Å². The van der Waals surface area contributed by atoms with E-state index in [9.17, 15) is 9.59 Å². The predicted molar refractivity (Wildman–Crippen MR) is 75.8 cm³/mol. The zero-order chi connectivity index (χ0) is 14.2. The molecule has 0 bridgehead atoms. The van der Waals surface area contributed by atoms with Gasteiger partial charge in [-0.2, -0.15) is 0 Å². The molecule has 0 aromatic carbocycles. The fourth-order valence-corrected chi connectivity index (χ4v) is 2.78. The molecule has 1 N–H and O–H groups in total. The van der Waals surface area contributed by atoms with Gasteiger partial charge in [0.1, 0.15) is 11.6 Å². The fourth-order valence-electron chi connectivity index (χ4n) is 0.960. The monoisotopic (exact) mass is 295 g/mol. The van der Waals surface area contributed by atoms with Gasteiger partial charge in [0.25, 0.3) is 0 Å². The van der Waals surface area contributed by atoms with Crippen molar-refractivity contribution in [2.75, 3.05) is 18.6 Å². The van der Waals surface area contributed by atoms with Crippen LogP contribution in [-0.4, -0.2) is 42.3 Å². The Morgan fingerprint density at radius 1 is 1.28 bits per heavy atom. The number of rotatable bonds is 6. The van der Waals surface area contributed by atoms with E-state index in [-0.39, 0.29) is 0 Å². The van der Waals surface area contributed by atoms with Crippen molar-refractivity contribution in [2.24, 2.45) is 0 Å². The summed E-state index contributed by atoms with van der Waals surface area (Å²) in [5, 5.41) is 2.51. The number of hydrogen-bond acceptors (Lipinski definition) is 6. The van der Waals surface area contributed by atoms with Gasteiger partial charge >= 0.3 is 12.1 Å². The molecule has 0 aliphatic carbocycles. The molecule has 0 radical (unpaired) electrons. The summed E-state index contributed by atoms with van der Waals surface area (Å²) in [6.07, 6.45) is -0.611. The summed E-state index contributed by atoms with van der Waals surface area (Å²) in [7, 11) is 4.43. The first kappa shape index (κ1) is 17.4. The summed E-state index contributed by atoms with van der Waals surface area (Å²) in [6, 6.07) is -0.686. The first-order valence-electron chi connectivity index (χ1n) is 5.62. The van der Waals surface area contributed by atoms with Gasteiger partial charge in [-0.05, 0) is 20.8 Å². The van der Waals surface area contributed by atoms with Gasteiger partial charge in [-0.3, -0.25) is 0 Å². The molecule has 0 spiro atoms. The lowest BCUT2D eigenvalue weighted by Crippen LogP contribution is -2.45. The number of carbonyl (C=O) groups is 2. The Morgan fingerprint density at radius 3 is 2.33 bits per heavy atom. The maximum atomic E-state index is 11.6. The maximum absolute atomic E-state index is 11.6. The number of methoxy groups -OCH3 is 1. The highest BCUT2D eigenvalue weighted by Crippen LogP contribution is 2.21. The van der Waals surface area contributed by atoms with Crippen molar-refractivity contribution in [3.63, 3.8) is 0 Å². The Hall–Kier alpha value is -0.560. The highest BCUT2D eigenvalue weighted by Gasteiger charge is 2.24. The smallest absolute Gasteiger partial charge is 0.408 e. The Bertz CT molecular complexity index is 279. The quantitative estimate of drug-likeness (QED) is 0.461. The highest BCUT2D eigenvalue weighted by atomic mass is 33.1. The molecule has 7 heteroatoms. The number of ether oxygens (including phenoxy) is 2. The van der Waals surface area contributed by atoms with Gasteiger partial charge in [0, 0.05) is 11.5 Å². The van der Waals surface area contributed by atoms with E-state index in [4.69, 9.17) is 4.74 Å². The zero-order valence-electron chi connectivity index (χ0n) is 11.4. The van der Waals surface area contributed by atoms with Crippen LogP contribution in [0, 0.1) is 0 Å². The van der Waals surface area contributed by atoms with Crippen LogP contribution in [0.3, 0.4) is 0 Å². The van der Waals surface area contributed by atoms with Gasteiger partial charge in [0.15, 0.2) is 0 Å². The Labute approximate surface area is 116 Å². The van der Waals surface area contributed by atoms with Crippen LogP contribution >= 0.6 is 21.6 Å². The van der Waals surface area contributed by atoms with Crippen LogP contribution in [0.25, 0.3) is 0 Å². The number of esters is 1. The third kappa shape index (κ3) is 8.52. The Balaban J connectivity index is 4.31. The molecule has 1 atom stereocenters. The van der Waals surface area contributed by atoms with E-state index < -0.39 is 23.7 Å². The van der Waals surface area contributed by atoms with E-state index in [2.05, 4.69) is 10.1 Å². The van der Waals surface area contributed by atoms with Crippen LogP contribution in [0.15, 0.2) is 0 Å². The second kappa shape index (κ2) is 8.53. The molecule has 0 aromatic rings. The molecule has 0 rings (SSSR count). The molecule has 5 nitrogen and oxygen atoms in total. The minimum Gasteiger partial charge on any atom is -0.467 e. The molecule has 0 unspecified atom stereocenters. The Kier molecular flexibility index (Phi) is 8.26. The highest BCUT2D eigenvalue weighted by molar-refractivity contribution is 8.76. The minimum absolute atomic E-state index is 0.449. The molecule has 1 amide bonds. The van der Waals surface area contributed by atoms with Crippen molar-refractivity contribution >= 4 is 33.7 Å². The summed E-state index contributed by atoms with van der Waals surface area (Å²) in [5.41, 5.74) is -0.587. The summed E-state index contributed by atoms with van der Waals surface area (Å²) in [4.78, 5) is 23.1. The van der Waals surface area contributed by atoms with E-state index in [0.29, 0.717) is 5.75 Å². The Morgan fingerprint density at radius 2 is 1.89 bits per heavy atom. The van der Waals surface area contributed by atoms with Crippen LogP contribution in [0.5, 0.6) is 0 Å². The lowest BCUT2D eigenvalue weighted by Gasteiger charge is -2.22. The van der Waals surface area contributed by atoms with E-state index in [1.54, 1.807) is 31.6 Å². The van der Waals surface area contributed by atoms with E-state index >= 15 is 0 Å². The van der Waals surface area contributed by atoms with Crippen LogP contribution in [-0.2, 0) is 14.3 Å². The molecule has 18 heavy (non-hydrogen) atoms. The van der Waals surface area contributed by atoms with Crippen molar-refractivity contribution in [1.29, 1.82) is 0 Å². The van der Waals surface area contributed by atoms with Crippen LogP contribution in [0.1, 0.15) is 27.7 Å². The molecular formula is C11H21NO4S2. The van der Waals surface area contributed by atoms with Crippen molar-refractivity contribution in [3.05, 3.63) is 0 Å². The summed E-state index contributed by atoms with van der Waals surface area (Å²) >= 11 is 0. The maximum Gasteiger partial charge on any atom is 0.408 e. The van der Waals surface area contributed by atoms with Crippen molar-refractivity contribution in [2.45, 2.75) is 39.3 Å². The molecule has 0 aromatic heterocycles. The van der Waals surface area contributed by atoms with Gasteiger partial charge in [-0.15, -0.1) is 0 Å². The molecule has 0 fully saturated rings. The lowest BCUT2D eigenvalue weighted by atomic mass is 10.2. The number of carbonyl (C=O) groups excluding carboxylic acids is 2. The third-order valence-corrected chi connectivity index (χ3v) is 4.10. The third-order valence-electron chi connectivity index (χ3n) is 1.61. The molecule has 0 aliphatic rings. The molecule has 0 saturated heterocycles. The van der Waals surface area contributed by atoms with Gasteiger partial charge in [0.2, 0.25) is 0 Å². The minimum atomic E-state index is -0.686. The van der Waals surface area contributed by atoms with Crippen molar-refractivity contribution < 1.29 is 19.1 Å². The molecule has 0 aliphatic heterocycles. The second-order valence-electron chi connectivity index (χ2n) is 4.41. The normalized spacial score (nSPS) is 12.7. The first-order valence-corrected chi connectivity index (χ1v) is 8.10. The molecule has 0 saturated carbocycles. The van der Waals surface area contributed by atoms with Crippen LogP contribution in [0.2, 0.25) is 0 Å². The lowest BCUT2D eigenvalue weighted by molar-refractivity contribution is -0.142. The number of alkyl carbamates (subject to hydrolysis) is 1. The van der Waals surface area contributed by atoms with Gasteiger partial charge in [0.05, 0.1) is 7.11 Å². The van der Waals surface area contributed by atoms with Crippen LogP contribution < -0.4 is 5.32 Å². The number of nitrogens with one attached hydrogen (secondary N) is 1. The van der Waals surface area contributed by atoms with E-state index in [1.165, 1.54) is 17.9 Å². The van der Waals surface area contributed by atoms with Crippen LogP contribution in [0.4, 0.5) is 4.79 Å². The molecular weight excluding hydrogens is 274 g/mol. The standard InChI is InChI=1S/C11H21NO4S2/c1-6-17-18-7-8(9(13)15-5)12-10(14)16-11(2,3)4/h8H,6-7H2,1-5H3,(H,12,14)/t8-/m0/s1. The van der Waals surface area contributed by atoms with Gasteiger partial charge in [-0.25, -0.2) is 9.59 Å². The first-order chi connectivity index (χ1) is 8.30. The summed E-state index contributed by atoms with van der Waals surface area (Å²) in [6.45, 7) is 7.32. The molecule has 0 heterocycles. The number of amides is 1. The largest absolute Gasteiger partial charge is 0.467 e. The fraction of sp³-hybridized carbons (Fsp3) is 0.818. The summed E-state index contributed by atoms with van der Waals surface area (Å²) < 4.78 is 9.74. The average Bonchev–Trinajstić information content (AvgIpc) is 2.24. The van der Waals surface area contributed by atoms with E-state index in [0.717, 1.165) is 5.75 Å². The average molecular weight is 295 g/mol. The predicted octanol–water partition coefficient (Wildman–Crippen LogP) is 2.45. The summed E-state index contributed by atoms with van der Waals surface area (Å²) in [5.74, 6) is 0.917. The van der Waals surface area contributed by atoms with Crippen molar-refractivity contribution in [3.8, 4) is 0 Å². The number of hydrogen-bond donors (Lipinski definition) is 1. The second-order valence-corrected chi connectivity index (χ2v) is 7.21.